The van der Waals surface area contributed by atoms with E-state index in [1.54, 1.807) is 12.1 Å². The van der Waals surface area contributed by atoms with Gasteiger partial charge in [0.05, 0.1) is 23.0 Å². The van der Waals surface area contributed by atoms with E-state index in [-0.39, 0.29) is 6.03 Å². The molecule has 0 heterocycles. The highest BCUT2D eigenvalue weighted by molar-refractivity contribution is 5.92. The Balaban J connectivity index is 2.38. The van der Waals surface area contributed by atoms with Crippen molar-refractivity contribution in [2.24, 2.45) is 0 Å². The normalized spacial score (nSPS) is 9.68. The number of carbonyl (C=O) groups is 1. The van der Waals surface area contributed by atoms with E-state index in [4.69, 9.17) is 11.0 Å². The van der Waals surface area contributed by atoms with E-state index < -0.39 is 0 Å². The van der Waals surface area contributed by atoms with Gasteiger partial charge in [-0.1, -0.05) is 26.2 Å². The average molecular weight is 260 g/mol. The number of nitrogens with one attached hydrogen (secondary N) is 2. The number of nitrogen functional groups attached to an aromatic ring is 1. The van der Waals surface area contributed by atoms with Gasteiger partial charge in [0.2, 0.25) is 0 Å². The second kappa shape index (κ2) is 7.98. The summed E-state index contributed by atoms with van der Waals surface area (Å²) < 4.78 is 0. The topological polar surface area (TPSA) is 90.9 Å². The number of anilines is 2. The summed E-state index contributed by atoms with van der Waals surface area (Å²) in [4.78, 5) is 11.6. The molecule has 1 rings (SSSR count). The molecular weight excluding hydrogens is 240 g/mol. The molecule has 0 saturated heterocycles. The fraction of sp³-hybridized carbons (Fsp3) is 0.429. The number of carbonyl (C=O) groups excluding carboxylic acids is 1. The van der Waals surface area contributed by atoms with Gasteiger partial charge in [0.1, 0.15) is 0 Å². The van der Waals surface area contributed by atoms with Crippen LogP contribution in [0.1, 0.15) is 38.2 Å². The lowest BCUT2D eigenvalue weighted by Crippen LogP contribution is -2.29. The number of rotatable bonds is 6. The molecule has 5 heteroatoms. The van der Waals surface area contributed by atoms with E-state index in [2.05, 4.69) is 17.6 Å². The Morgan fingerprint density at radius 3 is 2.79 bits per heavy atom. The van der Waals surface area contributed by atoms with Crippen LogP contribution in [-0.2, 0) is 0 Å². The lowest BCUT2D eigenvalue weighted by molar-refractivity contribution is 0.252. The van der Waals surface area contributed by atoms with Crippen molar-refractivity contribution < 1.29 is 4.79 Å². The van der Waals surface area contributed by atoms with Crippen molar-refractivity contribution >= 4 is 17.4 Å². The second-order valence-corrected chi connectivity index (χ2v) is 4.36. The summed E-state index contributed by atoms with van der Waals surface area (Å²) in [7, 11) is 0. The fourth-order valence-corrected chi connectivity index (χ4v) is 1.67. The molecule has 19 heavy (non-hydrogen) atoms. The summed E-state index contributed by atoms with van der Waals surface area (Å²) in [5.74, 6) is 0. The first-order valence-corrected chi connectivity index (χ1v) is 6.52. The van der Waals surface area contributed by atoms with E-state index in [9.17, 15) is 4.79 Å². The third kappa shape index (κ3) is 5.30. The van der Waals surface area contributed by atoms with Crippen LogP contribution in [0.3, 0.4) is 0 Å². The first-order chi connectivity index (χ1) is 9.17. The zero-order valence-electron chi connectivity index (χ0n) is 11.2. The Hall–Kier alpha value is -2.22. The predicted octanol–water partition coefficient (Wildman–Crippen LogP) is 2.84. The molecular formula is C14H20N4O. The van der Waals surface area contributed by atoms with Gasteiger partial charge < -0.3 is 16.4 Å². The van der Waals surface area contributed by atoms with Crippen LogP contribution in [0.2, 0.25) is 0 Å². The minimum atomic E-state index is -0.270. The lowest BCUT2D eigenvalue weighted by atomic mass is 10.2. The second-order valence-electron chi connectivity index (χ2n) is 4.36. The monoisotopic (exact) mass is 260 g/mol. The van der Waals surface area contributed by atoms with Crippen molar-refractivity contribution in [3.05, 3.63) is 23.8 Å². The molecule has 0 bridgehead atoms. The first-order valence-electron chi connectivity index (χ1n) is 6.52. The third-order valence-electron chi connectivity index (χ3n) is 2.74. The molecule has 0 radical (unpaired) electrons. The number of hydrogen-bond donors (Lipinski definition) is 3. The number of nitrogens with two attached hydrogens (primary N) is 1. The van der Waals surface area contributed by atoms with Gasteiger partial charge >= 0.3 is 6.03 Å². The van der Waals surface area contributed by atoms with Crippen molar-refractivity contribution in [3.8, 4) is 6.07 Å². The highest BCUT2D eigenvalue weighted by Gasteiger charge is 2.05. The van der Waals surface area contributed by atoms with Gasteiger partial charge in [0.25, 0.3) is 0 Å². The summed E-state index contributed by atoms with van der Waals surface area (Å²) in [6.45, 7) is 2.80. The summed E-state index contributed by atoms with van der Waals surface area (Å²) >= 11 is 0. The molecule has 5 nitrogen and oxygen atoms in total. The number of nitrogens with zero attached hydrogens (tertiary/aromatic N) is 1. The predicted molar refractivity (Wildman–Crippen MR) is 76.7 cm³/mol. The van der Waals surface area contributed by atoms with Crippen LogP contribution in [0.5, 0.6) is 0 Å². The maximum Gasteiger partial charge on any atom is 0.319 e. The van der Waals surface area contributed by atoms with Crippen LogP contribution in [0.15, 0.2) is 18.2 Å². The zero-order valence-corrected chi connectivity index (χ0v) is 11.2. The van der Waals surface area contributed by atoms with Crippen molar-refractivity contribution in [1.82, 2.24) is 5.32 Å². The number of hydrogen-bond acceptors (Lipinski definition) is 3. The molecule has 1 aromatic rings. The number of unbranched alkanes of at least 4 members (excludes halogenated alkanes) is 3. The Bertz CT molecular complexity index is 465. The molecule has 0 aromatic heterocycles. The fourth-order valence-electron chi connectivity index (χ4n) is 1.67. The van der Waals surface area contributed by atoms with Crippen LogP contribution in [0.25, 0.3) is 0 Å². The quantitative estimate of drug-likeness (QED) is 0.542. The minimum Gasteiger partial charge on any atom is -0.397 e. The zero-order chi connectivity index (χ0) is 14.1. The lowest BCUT2D eigenvalue weighted by Gasteiger charge is -2.09. The maximum atomic E-state index is 11.6. The highest BCUT2D eigenvalue weighted by atomic mass is 16.2. The molecule has 0 aliphatic carbocycles. The van der Waals surface area contributed by atoms with Gasteiger partial charge in [0.15, 0.2) is 0 Å². The van der Waals surface area contributed by atoms with E-state index >= 15 is 0 Å². The molecule has 0 aliphatic rings. The van der Waals surface area contributed by atoms with Crippen LogP contribution < -0.4 is 16.4 Å². The van der Waals surface area contributed by atoms with Crippen LogP contribution in [-0.4, -0.2) is 12.6 Å². The number of urea groups is 1. The Morgan fingerprint density at radius 1 is 1.37 bits per heavy atom. The van der Waals surface area contributed by atoms with E-state index in [0.29, 0.717) is 23.5 Å². The van der Waals surface area contributed by atoms with E-state index in [1.807, 2.05) is 6.07 Å². The highest BCUT2D eigenvalue weighted by Crippen LogP contribution is 2.19. The van der Waals surface area contributed by atoms with Gasteiger partial charge in [-0.05, 0) is 24.6 Å². The molecule has 0 saturated carbocycles. The largest absolute Gasteiger partial charge is 0.397 e. The standard InChI is InChI=1S/C14H20N4O/c1-2-3-4-5-8-17-14(19)18-13-7-6-11(10-15)9-12(13)16/h6-7,9H,2-5,8,16H2,1H3,(H2,17,18,19). The summed E-state index contributed by atoms with van der Waals surface area (Å²) in [5.41, 5.74) is 7.13. The number of nitriles is 1. The Labute approximate surface area is 113 Å². The number of benzene rings is 1. The molecule has 1 aromatic carbocycles. The molecule has 4 N–H and O–H groups in total. The van der Waals surface area contributed by atoms with Crippen molar-refractivity contribution in [2.45, 2.75) is 32.6 Å². The van der Waals surface area contributed by atoms with Crippen molar-refractivity contribution in [1.29, 1.82) is 5.26 Å². The Morgan fingerprint density at radius 2 is 2.16 bits per heavy atom. The molecule has 2 amide bonds. The Kier molecular flexibility index (Phi) is 6.23. The molecule has 0 unspecified atom stereocenters. The van der Waals surface area contributed by atoms with Gasteiger partial charge in [-0.15, -0.1) is 0 Å². The molecule has 0 aliphatic heterocycles. The minimum absolute atomic E-state index is 0.270. The SMILES string of the molecule is CCCCCCNC(=O)Nc1ccc(C#N)cc1N. The van der Waals surface area contributed by atoms with Crippen LogP contribution >= 0.6 is 0 Å². The summed E-state index contributed by atoms with van der Waals surface area (Å²) in [6.07, 6.45) is 4.46. The summed E-state index contributed by atoms with van der Waals surface area (Å²) in [5, 5.41) is 14.2. The van der Waals surface area contributed by atoms with Gasteiger partial charge in [0, 0.05) is 6.54 Å². The van der Waals surface area contributed by atoms with E-state index in [1.165, 1.54) is 18.9 Å². The molecule has 0 fully saturated rings. The van der Waals surface area contributed by atoms with Gasteiger partial charge in [-0.3, -0.25) is 0 Å². The molecule has 0 spiro atoms. The smallest absolute Gasteiger partial charge is 0.319 e. The van der Waals surface area contributed by atoms with Gasteiger partial charge in [-0.2, -0.15) is 5.26 Å². The van der Waals surface area contributed by atoms with Crippen LogP contribution in [0.4, 0.5) is 16.2 Å². The molecule has 102 valence electrons. The van der Waals surface area contributed by atoms with Crippen LogP contribution in [0, 0.1) is 11.3 Å². The molecule has 0 atom stereocenters. The van der Waals surface area contributed by atoms with E-state index in [0.717, 1.165) is 12.8 Å². The summed E-state index contributed by atoms with van der Waals surface area (Å²) in [6, 6.07) is 6.51. The van der Waals surface area contributed by atoms with Crippen molar-refractivity contribution in [2.75, 3.05) is 17.6 Å². The van der Waals surface area contributed by atoms with Crippen molar-refractivity contribution in [3.63, 3.8) is 0 Å². The maximum absolute atomic E-state index is 11.6. The van der Waals surface area contributed by atoms with Gasteiger partial charge in [-0.25, -0.2) is 4.79 Å². The third-order valence-corrected chi connectivity index (χ3v) is 2.74. The first kappa shape index (κ1) is 14.8. The average Bonchev–Trinajstić information content (AvgIpc) is 2.41. The number of amides is 2.